The molecule has 3 heteroatoms. The highest BCUT2D eigenvalue weighted by atomic mass is 79.9. The van der Waals surface area contributed by atoms with Gasteiger partial charge in [-0.05, 0) is 62.6 Å². The summed E-state index contributed by atoms with van der Waals surface area (Å²) in [6.07, 6.45) is -0.508. The molecule has 0 aliphatic heterocycles. The number of hydrogen-bond donors (Lipinski definition) is 0. The molecule has 0 fully saturated rings. The first-order valence-corrected chi connectivity index (χ1v) is 7.72. The minimum Gasteiger partial charge on any atom is -0.482 e. The fourth-order valence-corrected chi connectivity index (χ4v) is 2.48. The Morgan fingerprint density at radius 1 is 1.10 bits per heavy atom. The van der Waals surface area contributed by atoms with Crippen LogP contribution in [0.2, 0.25) is 0 Å². The number of aryl methyl sites for hydroxylation is 2. The predicted octanol–water partition coefficient (Wildman–Crippen LogP) is 5.02. The number of ether oxygens (including phenoxy) is 1. The van der Waals surface area contributed by atoms with Crippen LogP contribution in [0.15, 0.2) is 40.9 Å². The quantitative estimate of drug-likeness (QED) is 0.726. The van der Waals surface area contributed by atoms with Gasteiger partial charge in [-0.15, -0.1) is 0 Å². The van der Waals surface area contributed by atoms with E-state index >= 15 is 0 Å². The summed E-state index contributed by atoms with van der Waals surface area (Å²) in [7, 11) is 0. The van der Waals surface area contributed by atoms with Gasteiger partial charge in [0.05, 0.1) is 0 Å². The van der Waals surface area contributed by atoms with E-state index in [2.05, 4.69) is 28.9 Å². The fraction of sp³-hybridized carbons (Fsp3) is 0.278. The summed E-state index contributed by atoms with van der Waals surface area (Å²) in [6.45, 7) is 7.89. The summed E-state index contributed by atoms with van der Waals surface area (Å²) in [5.41, 5.74) is 4.05. The van der Waals surface area contributed by atoms with Crippen molar-refractivity contribution in [1.82, 2.24) is 0 Å². The van der Waals surface area contributed by atoms with Crippen LogP contribution in [0, 0.1) is 20.8 Å². The smallest absolute Gasteiger partial charge is 0.202 e. The predicted molar refractivity (Wildman–Crippen MR) is 89.2 cm³/mol. The molecule has 0 bridgehead atoms. The molecule has 1 unspecified atom stereocenters. The van der Waals surface area contributed by atoms with Gasteiger partial charge in [0.25, 0.3) is 0 Å². The monoisotopic (exact) mass is 346 g/mol. The van der Waals surface area contributed by atoms with E-state index in [1.54, 1.807) is 19.1 Å². The Labute approximate surface area is 134 Å². The molecule has 110 valence electrons. The van der Waals surface area contributed by atoms with Crippen molar-refractivity contribution in [3.63, 3.8) is 0 Å². The lowest BCUT2D eigenvalue weighted by atomic mass is 10.0. The van der Waals surface area contributed by atoms with Gasteiger partial charge < -0.3 is 4.74 Å². The zero-order valence-electron chi connectivity index (χ0n) is 12.7. The first-order chi connectivity index (χ1) is 9.88. The molecule has 2 nitrogen and oxygen atoms in total. The van der Waals surface area contributed by atoms with Gasteiger partial charge in [0.1, 0.15) is 5.75 Å². The third-order valence-corrected chi connectivity index (χ3v) is 4.09. The highest BCUT2D eigenvalue weighted by Gasteiger charge is 2.18. The van der Waals surface area contributed by atoms with Crippen molar-refractivity contribution in [3.05, 3.63) is 63.1 Å². The summed E-state index contributed by atoms with van der Waals surface area (Å²) in [4.78, 5) is 12.4. The van der Waals surface area contributed by atoms with Crippen molar-refractivity contribution >= 4 is 21.7 Å². The standard InChI is InChI=1S/C18H19BrO2/c1-11-9-12(2)13(3)17(10-11)21-14(4)18(20)15-5-7-16(19)8-6-15/h5-10,14H,1-4H3. The van der Waals surface area contributed by atoms with Crippen LogP contribution in [-0.4, -0.2) is 11.9 Å². The molecule has 2 aromatic carbocycles. The topological polar surface area (TPSA) is 26.3 Å². The molecule has 0 heterocycles. The van der Waals surface area contributed by atoms with Crippen molar-refractivity contribution in [2.24, 2.45) is 0 Å². The maximum Gasteiger partial charge on any atom is 0.202 e. The van der Waals surface area contributed by atoms with Gasteiger partial charge in [-0.1, -0.05) is 34.1 Å². The fourth-order valence-electron chi connectivity index (χ4n) is 2.22. The normalized spacial score (nSPS) is 12.0. The Kier molecular flexibility index (Phi) is 4.84. The lowest BCUT2D eigenvalue weighted by Gasteiger charge is -2.17. The van der Waals surface area contributed by atoms with Crippen LogP contribution < -0.4 is 4.74 Å². The number of carbonyl (C=O) groups is 1. The zero-order valence-corrected chi connectivity index (χ0v) is 14.3. The number of hydrogen-bond acceptors (Lipinski definition) is 2. The van der Waals surface area contributed by atoms with Crippen molar-refractivity contribution < 1.29 is 9.53 Å². The van der Waals surface area contributed by atoms with Crippen LogP contribution in [0.4, 0.5) is 0 Å². The molecule has 0 saturated heterocycles. The van der Waals surface area contributed by atoms with E-state index < -0.39 is 6.10 Å². The Hall–Kier alpha value is -1.61. The summed E-state index contributed by atoms with van der Waals surface area (Å²) < 4.78 is 6.85. The van der Waals surface area contributed by atoms with Crippen molar-refractivity contribution in [1.29, 1.82) is 0 Å². The Balaban J connectivity index is 2.20. The third kappa shape index (κ3) is 3.73. The number of benzene rings is 2. The summed E-state index contributed by atoms with van der Waals surface area (Å²) in [6, 6.07) is 11.4. The van der Waals surface area contributed by atoms with Gasteiger partial charge >= 0.3 is 0 Å². The van der Waals surface area contributed by atoms with Gasteiger partial charge in [-0.2, -0.15) is 0 Å². The number of ketones is 1. The van der Waals surface area contributed by atoms with Crippen LogP contribution in [0.3, 0.4) is 0 Å². The van der Waals surface area contributed by atoms with Crippen molar-refractivity contribution in [2.45, 2.75) is 33.8 Å². The SMILES string of the molecule is Cc1cc(C)c(C)c(OC(C)C(=O)c2ccc(Br)cc2)c1. The average Bonchev–Trinajstić information content (AvgIpc) is 2.44. The molecule has 0 amide bonds. The highest BCUT2D eigenvalue weighted by Crippen LogP contribution is 2.25. The molecule has 0 aliphatic carbocycles. The molecule has 1 atom stereocenters. The lowest BCUT2D eigenvalue weighted by molar-refractivity contribution is 0.0817. The number of Topliss-reactive ketones (excluding diaryl/α,β-unsaturated/α-hetero) is 1. The first-order valence-electron chi connectivity index (χ1n) is 6.93. The molecular formula is C18H19BrO2. The molecule has 0 aliphatic rings. The van der Waals surface area contributed by atoms with E-state index in [0.717, 1.165) is 21.3 Å². The van der Waals surface area contributed by atoms with Crippen LogP contribution >= 0.6 is 15.9 Å². The van der Waals surface area contributed by atoms with E-state index in [9.17, 15) is 4.79 Å². The summed E-state index contributed by atoms with van der Waals surface area (Å²) in [5, 5.41) is 0. The molecular weight excluding hydrogens is 328 g/mol. The molecule has 0 saturated carbocycles. The van der Waals surface area contributed by atoms with E-state index in [1.807, 2.05) is 32.0 Å². The maximum absolute atomic E-state index is 12.4. The molecule has 0 spiro atoms. The van der Waals surface area contributed by atoms with Crippen molar-refractivity contribution in [2.75, 3.05) is 0 Å². The van der Waals surface area contributed by atoms with E-state index in [-0.39, 0.29) is 5.78 Å². The number of rotatable bonds is 4. The molecule has 0 N–H and O–H groups in total. The number of carbonyl (C=O) groups excluding carboxylic acids is 1. The van der Waals surface area contributed by atoms with E-state index in [0.29, 0.717) is 5.56 Å². The summed E-state index contributed by atoms with van der Waals surface area (Å²) >= 11 is 3.37. The second-order valence-corrected chi connectivity index (χ2v) is 6.25. The number of halogens is 1. The minimum atomic E-state index is -0.508. The lowest BCUT2D eigenvalue weighted by Crippen LogP contribution is -2.24. The van der Waals surface area contributed by atoms with Gasteiger partial charge in [0.2, 0.25) is 5.78 Å². The maximum atomic E-state index is 12.4. The molecule has 0 aromatic heterocycles. The largest absolute Gasteiger partial charge is 0.482 e. The van der Waals surface area contributed by atoms with Crippen LogP contribution in [0.1, 0.15) is 34.0 Å². The summed E-state index contributed by atoms with van der Waals surface area (Å²) in [5.74, 6) is 0.770. The van der Waals surface area contributed by atoms with E-state index in [1.165, 1.54) is 5.56 Å². The molecule has 21 heavy (non-hydrogen) atoms. The van der Waals surface area contributed by atoms with E-state index in [4.69, 9.17) is 4.74 Å². The minimum absolute atomic E-state index is 0.0129. The molecule has 2 rings (SSSR count). The van der Waals surface area contributed by atoms with Crippen LogP contribution in [0.5, 0.6) is 5.75 Å². The Bertz CT molecular complexity index is 660. The average molecular weight is 347 g/mol. The third-order valence-electron chi connectivity index (χ3n) is 3.57. The second-order valence-electron chi connectivity index (χ2n) is 5.34. The van der Waals surface area contributed by atoms with Crippen LogP contribution in [0.25, 0.3) is 0 Å². The Morgan fingerprint density at radius 2 is 1.71 bits per heavy atom. The zero-order chi connectivity index (χ0) is 15.6. The van der Waals surface area contributed by atoms with Gasteiger partial charge in [-0.3, -0.25) is 4.79 Å². The first kappa shape index (κ1) is 15.8. The van der Waals surface area contributed by atoms with Crippen LogP contribution in [-0.2, 0) is 0 Å². The molecule has 0 radical (unpaired) electrons. The second kappa shape index (κ2) is 6.44. The van der Waals surface area contributed by atoms with Gasteiger partial charge in [0, 0.05) is 10.0 Å². The highest BCUT2D eigenvalue weighted by molar-refractivity contribution is 9.10. The van der Waals surface area contributed by atoms with Crippen molar-refractivity contribution in [3.8, 4) is 5.75 Å². The van der Waals surface area contributed by atoms with Gasteiger partial charge in [0.15, 0.2) is 6.10 Å². The van der Waals surface area contributed by atoms with Gasteiger partial charge in [-0.25, -0.2) is 0 Å². The Morgan fingerprint density at radius 3 is 2.33 bits per heavy atom. The molecule has 2 aromatic rings.